The van der Waals surface area contributed by atoms with Crippen molar-refractivity contribution in [3.8, 4) is 62.1 Å². The summed E-state index contributed by atoms with van der Waals surface area (Å²) in [6.07, 6.45) is 0. The Morgan fingerprint density at radius 1 is 0.304 bits per heavy atom. The van der Waals surface area contributed by atoms with E-state index in [0.29, 0.717) is 17.5 Å². The molecule has 3 heterocycles. The van der Waals surface area contributed by atoms with Gasteiger partial charge in [-0.15, -0.1) is 0 Å². The fourth-order valence-electron chi connectivity index (χ4n) is 7.92. The fraction of sp³-hybridized carbons (Fsp3) is 0. The van der Waals surface area contributed by atoms with Crippen LogP contribution in [0.15, 0.2) is 199 Å². The maximum atomic E-state index is 6.16. The summed E-state index contributed by atoms with van der Waals surface area (Å²) in [6, 6.07) is 67.5. The number of aromatic nitrogens is 4. The van der Waals surface area contributed by atoms with Crippen LogP contribution in [0.1, 0.15) is 0 Å². The molecule has 0 bridgehead atoms. The molecule has 11 rings (SSSR count). The zero-order valence-corrected chi connectivity index (χ0v) is 30.2. The molecule has 262 valence electrons. The number of hydrogen-bond acceptors (Lipinski definition) is 4. The van der Waals surface area contributed by atoms with Crippen LogP contribution in [0.3, 0.4) is 0 Å². The third kappa shape index (κ3) is 5.45. The molecule has 3 aromatic heterocycles. The van der Waals surface area contributed by atoms with Gasteiger partial charge in [0, 0.05) is 43.9 Å². The predicted molar refractivity (Wildman–Crippen MR) is 229 cm³/mol. The number of hydrogen-bond donors (Lipinski definition) is 0. The molecule has 0 aliphatic carbocycles. The van der Waals surface area contributed by atoms with Crippen molar-refractivity contribution < 1.29 is 4.42 Å². The smallest absolute Gasteiger partial charge is 0.164 e. The standard InChI is InChI=1S/C51H32N4O/c1-3-12-33(13-4-1)36-14-11-15-37(30-36)34-22-24-35(25-23-34)49-52-50(54-51(53-49)39-27-29-48-44(32-39)42-19-8-10-21-47(42)56-48)38-26-28-46-43(31-38)41-18-7-9-20-45(41)55(46)40-16-5-2-6-17-40/h1-32H. The van der Waals surface area contributed by atoms with Crippen LogP contribution in [0, 0.1) is 0 Å². The van der Waals surface area contributed by atoms with Gasteiger partial charge in [-0.3, -0.25) is 0 Å². The van der Waals surface area contributed by atoms with Gasteiger partial charge in [-0.2, -0.15) is 0 Å². The molecule has 5 nitrogen and oxygen atoms in total. The maximum absolute atomic E-state index is 6.16. The number of nitrogens with zero attached hydrogens (tertiary/aromatic N) is 4. The van der Waals surface area contributed by atoms with Gasteiger partial charge in [0.05, 0.1) is 11.0 Å². The van der Waals surface area contributed by atoms with Gasteiger partial charge in [0.15, 0.2) is 17.5 Å². The van der Waals surface area contributed by atoms with Crippen LogP contribution in [-0.2, 0) is 0 Å². The normalized spacial score (nSPS) is 11.6. The highest BCUT2D eigenvalue weighted by Crippen LogP contribution is 2.37. The van der Waals surface area contributed by atoms with Crippen molar-refractivity contribution in [1.29, 1.82) is 0 Å². The monoisotopic (exact) mass is 716 g/mol. The average molecular weight is 717 g/mol. The summed E-state index contributed by atoms with van der Waals surface area (Å²) in [5.41, 5.74) is 12.5. The van der Waals surface area contributed by atoms with Gasteiger partial charge in [-0.1, -0.05) is 127 Å². The molecule has 0 atom stereocenters. The van der Waals surface area contributed by atoms with Gasteiger partial charge < -0.3 is 8.98 Å². The molecule has 0 aliphatic heterocycles. The fourth-order valence-corrected chi connectivity index (χ4v) is 7.92. The lowest BCUT2D eigenvalue weighted by Gasteiger charge is -2.11. The quantitative estimate of drug-likeness (QED) is 0.172. The Morgan fingerprint density at radius 3 is 1.55 bits per heavy atom. The molecule has 0 spiro atoms. The topological polar surface area (TPSA) is 56.7 Å². The first kappa shape index (κ1) is 31.9. The minimum absolute atomic E-state index is 0.601. The summed E-state index contributed by atoms with van der Waals surface area (Å²) in [5, 5.41) is 4.40. The van der Waals surface area contributed by atoms with Crippen LogP contribution < -0.4 is 0 Å². The summed E-state index contributed by atoms with van der Waals surface area (Å²) in [4.78, 5) is 15.5. The number of benzene rings is 8. The Morgan fingerprint density at radius 2 is 0.804 bits per heavy atom. The molecular formula is C51H32N4O. The van der Waals surface area contributed by atoms with Crippen molar-refractivity contribution in [1.82, 2.24) is 19.5 Å². The number of fused-ring (bicyclic) bond motifs is 6. The summed E-state index contributed by atoms with van der Waals surface area (Å²) < 4.78 is 8.48. The van der Waals surface area contributed by atoms with Gasteiger partial charge in [0.25, 0.3) is 0 Å². The van der Waals surface area contributed by atoms with E-state index in [0.717, 1.165) is 71.9 Å². The summed E-state index contributed by atoms with van der Waals surface area (Å²) in [6.45, 7) is 0. The second-order valence-electron chi connectivity index (χ2n) is 14.1. The number of para-hydroxylation sites is 3. The molecule has 0 saturated carbocycles. The van der Waals surface area contributed by atoms with Crippen molar-refractivity contribution in [2.45, 2.75) is 0 Å². The molecule has 0 radical (unpaired) electrons. The minimum atomic E-state index is 0.601. The summed E-state index contributed by atoms with van der Waals surface area (Å²) >= 11 is 0. The van der Waals surface area contributed by atoms with E-state index in [1.165, 1.54) is 16.5 Å². The van der Waals surface area contributed by atoms with E-state index in [4.69, 9.17) is 19.4 Å². The molecule has 11 aromatic rings. The van der Waals surface area contributed by atoms with E-state index in [9.17, 15) is 0 Å². The first-order valence-electron chi connectivity index (χ1n) is 18.8. The van der Waals surface area contributed by atoms with Gasteiger partial charge in [0.1, 0.15) is 11.2 Å². The van der Waals surface area contributed by atoms with Crippen molar-refractivity contribution >= 4 is 43.7 Å². The SMILES string of the molecule is c1ccc(-c2cccc(-c3ccc(-c4nc(-c5ccc6oc7ccccc7c6c5)nc(-c5ccc6c(c5)c5ccccc5n6-c5ccccc5)n4)cc3)c2)cc1. The van der Waals surface area contributed by atoms with Crippen molar-refractivity contribution in [3.63, 3.8) is 0 Å². The largest absolute Gasteiger partial charge is 0.456 e. The number of rotatable bonds is 6. The van der Waals surface area contributed by atoms with Gasteiger partial charge >= 0.3 is 0 Å². The van der Waals surface area contributed by atoms with Crippen molar-refractivity contribution in [2.75, 3.05) is 0 Å². The maximum Gasteiger partial charge on any atom is 0.164 e. The lowest BCUT2D eigenvalue weighted by atomic mass is 9.98. The zero-order chi connectivity index (χ0) is 37.0. The van der Waals surface area contributed by atoms with E-state index in [-0.39, 0.29) is 0 Å². The first-order valence-corrected chi connectivity index (χ1v) is 18.8. The summed E-state index contributed by atoms with van der Waals surface area (Å²) in [5.74, 6) is 1.82. The molecule has 56 heavy (non-hydrogen) atoms. The molecule has 0 aliphatic rings. The van der Waals surface area contributed by atoms with Crippen LogP contribution >= 0.6 is 0 Å². The molecule has 5 heteroatoms. The third-order valence-electron chi connectivity index (χ3n) is 10.7. The van der Waals surface area contributed by atoms with Gasteiger partial charge in [-0.25, -0.2) is 15.0 Å². The number of furan rings is 1. The lowest BCUT2D eigenvalue weighted by Crippen LogP contribution is -2.00. The molecule has 0 unspecified atom stereocenters. The second-order valence-corrected chi connectivity index (χ2v) is 14.1. The molecular weight excluding hydrogens is 685 g/mol. The molecule has 0 amide bonds. The molecule has 8 aromatic carbocycles. The highest BCUT2D eigenvalue weighted by molar-refractivity contribution is 6.10. The molecule has 0 saturated heterocycles. The minimum Gasteiger partial charge on any atom is -0.456 e. The van der Waals surface area contributed by atoms with Crippen molar-refractivity contribution in [2.24, 2.45) is 0 Å². The van der Waals surface area contributed by atoms with E-state index >= 15 is 0 Å². The molecule has 0 fully saturated rings. The van der Waals surface area contributed by atoms with Gasteiger partial charge in [-0.05, 0) is 89.0 Å². The van der Waals surface area contributed by atoms with E-state index < -0.39 is 0 Å². The van der Waals surface area contributed by atoms with Crippen LogP contribution in [0.5, 0.6) is 0 Å². The Labute approximate surface area is 322 Å². The molecule has 0 N–H and O–H groups in total. The Hall–Kier alpha value is -7.63. The first-order chi connectivity index (χ1) is 27.7. The highest BCUT2D eigenvalue weighted by Gasteiger charge is 2.18. The Kier molecular flexibility index (Phi) is 7.42. The zero-order valence-electron chi connectivity index (χ0n) is 30.2. The van der Waals surface area contributed by atoms with Crippen LogP contribution in [0.2, 0.25) is 0 Å². The van der Waals surface area contributed by atoms with Gasteiger partial charge in [0.2, 0.25) is 0 Å². The predicted octanol–water partition coefficient (Wildman–Crippen LogP) is 13.2. The third-order valence-corrected chi connectivity index (χ3v) is 10.7. The lowest BCUT2D eigenvalue weighted by molar-refractivity contribution is 0.669. The Bertz CT molecular complexity index is 3240. The van der Waals surface area contributed by atoms with E-state index in [1.54, 1.807) is 0 Å². The van der Waals surface area contributed by atoms with Crippen LogP contribution in [0.25, 0.3) is 106 Å². The highest BCUT2D eigenvalue weighted by atomic mass is 16.3. The van der Waals surface area contributed by atoms with E-state index in [2.05, 4.69) is 162 Å². The summed E-state index contributed by atoms with van der Waals surface area (Å²) in [7, 11) is 0. The van der Waals surface area contributed by atoms with Crippen LogP contribution in [0.4, 0.5) is 0 Å². The van der Waals surface area contributed by atoms with Crippen molar-refractivity contribution in [3.05, 3.63) is 194 Å². The second kappa shape index (κ2) is 13.0. The van der Waals surface area contributed by atoms with Crippen LogP contribution in [-0.4, -0.2) is 19.5 Å². The Balaban J connectivity index is 1.06. The average Bonchev–Trinajstić information content (AvgIpc) is 3.82. The van der Waals surface area contributed by atoms with E-state index in [1.807, 2.05) is 36.4 Å².